The minimum Gasteiger partial charge on any atom is -0.337 e. The summed E-state index contributed by atoms with van der Waals surface area (Å²) in [5, 5.41) is 0.566. The summed E-state index contributed by atoms with van der Waals surface area (Å²) in [5.41, 5.74) is 1.44. The molecule has 24 heavy (non-hydrogen) atoms. The van der Waals surface area contributed by atoms with E-state index in [1.807, 2.05) is 12.5 Å². The fraction of sp³-hybridized carbons (Fsp3) is 0.550. The molecule has 1 aromatic carbocycles. The van der Waals surface area contributed by atoms with E-state index in [1.165, 1.54) is 49.8 Å². The number of unbranched alkanes of at least 4 members (excludes halogenated alkanes) is 5. The second-order valence-electron chi connectivity index (χ2n) is 6.27. The van der Waals surface area contributed by atoms with Crippen LogP contribution in [-0.2, 0) is 6.54 Å². The Bertz CT molecular complexity index is 539. The van der Waals surface area contributed by atoms with Gasteiger partial charge in [0.05, 0.1) is 6.33 Å². The van der Waals surface area contributed by atoms with Crippen LogP contribution in [0.25, 0.3) is 0 Å². The fourth-order valence-electron chi connectivity index (χ4n) is 2.82. The normalized spacial score (nSPS) is 12.4. The van der Waals surface area contributed by atoms with E-state index in [0.717, 1.165) is 17.4 Å². The summed E-state index contributed by atoms with van der Waals surface area (Å²) in [6, 6.07) is 8.84. The molecule has 2 nitrogen and oxygen atoms in total. The first-order valence-electron chi connectivity index (χ1n) is 9.12. The van der Waals surface area contributed by atoms with Crippen LogP contribution in [0.4, 0.5) is 0 Å². The Morgan fingerprint density at radius 3 is 2.54 bits per heavy atom. The summed E-state index contributed by atoms with van der Waals surface area (Å²) in [5.74, 6) is 1.26. The van der Waals surface area contributed by atoms with E-state index in [4.69, 9.17) is 0 Å². The van der Waals surface area contributed by atoms with E-state index in [9.17, 15) is 0 Å². The molecule has 0 aliphatic heterocycles. The van der Waals surface area contributed by atoms with Crippen LogP contribution >= 0.6 is 27.7 Å². The molecule has 0 fully saturated rings. The predicted molar refractivity (Wildman–Crippen MR) is 110 cm³/mol. The highest BCUT2D eigenvalue weighted by molar-refractivity contribution is 9.10. The number of imidazole rings is 1. The van der Waals surface area contributed by atoms with Crippen molar-refractivity contribution < 1.29 is 0 Å². The fourth-order valence-corrected chi connectivity index (χ4v) is 4.36. The van der Waals surface area contributed by atoms with Crippen molar-refractivity contribution in [3.8, 4) is 0 Å². The van der Waals surface area contributed by atoms with Crippen molar-refractivity contribution in [2.24, 2.45) is 0 Å². The minimum atomic E-state index is 0.566. The number of benzene rings is 1. The molecule has 0 N–H and O–H groups in total. The number of hydrogen-bond acceptors (Lipinski definition) is 2. The summed E-state index contributed by atoms with van der Waals surface area (Å²) < 4.78 is 3.33. The van der Waals surface area contributed by atoms with Crippen LogP contribution < -0.4 is 0 Å². The summed E-state index contributed by atoms with van der Waals surface area (Å²) in [7, 11) is 0. The minimum absolute atomic E-state index is 0.566. The van der Waals surface area contributed by atoms with Gasteiger partial charge < -0.3 is 4.57 Å². The van der Waals surface area contributed by atoms with E-state index >= 15 is 0 Å². The molecule has 2 rings (SSSR count). The standard InChI is InChI=1S/C20H29BrN2S/c1-2-3-4-5-6-7-16-24-20(12-14-23-15-13-22-17-23)18-8-10-19(21)11-9-18/h8-11,13,15,17,20H,2-7,12,14,16H2,1H3. The van der Waals surface area contributed by atoms with Gasteiger partial charge in [0.25, 0.3) is 0 Å². The van der Waals surface area contributed by atoms with Crippen LogP contribution in [0, 0.1) is 0 Å². The third kappa shape index (κ3) is 7.43. The maximum atomic E-state index is 4.15. The zero-order valence-corrected chi connectivity index (χ0v) is 17.1. The smallest absolute Gasteiger partial charge is 0.0945 e. The first-order chi connectivity index (χ1) is 11.8. The quantitative estimate of drug-likeness (QED) is 0.356. The van der Waals surface area contributed by atoms with Gasteiger partial charge in [-0.1, -0.05) is 67.1 Å². The van der Waals surface area contributed by atoms with Crippen LogP contribution in [0.3, 0.4) is 0 Å². The average molecular weight is 409 g/mol. The molecule has 1 heterocycles. The molecule has 0 amide bonds. The Hall–Kier alpha value is -0.740. The average Bonchev–Trinajstić information content (AvgIpc) is 3.11. The summed E-state index contributed by atoms with van der Waals surface area (Å²) in [6.07, 6.45) is 15.2. The number of nitrogens with zero attached hydrogens (tertiary/aromatic N) is 2. The van der Waals surface area contributed by atoms with Crippen molar-refractivity contribution >= 4 is 27.7 Å². The van der Waals surface area contributed by atoms with Gasteiger partial charge in [-0.05, 0) is 36.3 Å². The Kier molecular flexibility index (Phi) is 9.59. The Morgan fingerprint density at radius 2 is 1.83 bits per heavy atom. The van der Waals surface area contributed by atoms with E-state index in [-0.39, 0.29) is 0 Å². The maximum Gasteiger partial charge on any atom is 0.0945 e. The van der Waals surface area contributed by atoms with Crippen LogP contribution in [0.2, 0.25) is 0 Å². The van der Waals surface area contributed by atoms with Crippen LogP contribution in [0.15, 0.2) is 47.5 Å². The molecule has 1 atom stereocenters. The van der Waals surface area contributed by atoms with Crippen molar-refractivity contribution in [1.82, 2.24) is 9.55 Å². The Morgan fingerprint density at radius 1 is 1.08 bits per heavy atom. The van der Waals surface area contributed by atoms with E-state index in [2.05, 4.69) is 74.6 Å². The molecular formula is C20H29BrN2S. The second kappa shape index (κ2) is 11.8. The lowest BCUT2D eigenvalue weighted by Crippen LogP contribution is -2.02. The molecule has 132 valence electrons. The van der Waals surface area contributed by atoms with Gasteiger partial charge >= 0.3 is 0 Å². The molecule has 0 radical (unpaired) electrons. The SMILES string of the molecule is CCCCCCCCSC(CCn1ccnc1)c1ccc(Br)cc1. The lowest BCUT2D eigenvalue weighted by Gasteiger charge is -2.17. The first-order valence-corrected chi connectivity index (χ1v) is 11.0. The summed E-state index contributed by atoms with van der Waals surface area (Å²) in [6.45, 7) is 3.31. The molecule has 0 saturated heterocycles. The lowest BCUT2D eigenvalue weighted by atomic mass is 10.1. The highest BCUT2D eigenvalue weighted by atomic mass is 79.9. The zero-order chi connectivity index (χ0) is 17.0. The number of rotatable bonds is 12. The van der Waals surface area contributed by atoms with Crippen molar-refractivity contribution in [3.63, 3.8) is 0 Å². The predicted octanol–water partition coefficient (Wildman–Crippen LogP) is 6.87. The van der Waals surface area contributed by atoms with Gasteiger partial charge in [0.2, 0.25) is 0 Å². The maximum absolute atomic E-state index is 4.15. The van der Waals surface area contributed by atoms with Crippen LogP contribution in [-0.4, -0.2) is 15.3 Å². The van der Waals surface area contributed by atoms with Crippen molar-refractivity contribution in [1.29, 1.82) is 0 Å². The summed E-state index contributed by atoms with van der Waals surface area (Å²) in [4.78, 5) is 4.15. The van der Waals surface area contributed by atoms with Crippen molar-refractivity contribution in [2.75, 3.05) is 5.75 Å². The van der Waals surface area contributed by atoms with Gasteiger partial charge in [-0.3, -0.25) is 0 Å². The van der Waals surface area contributed by atoms with Crippen LogP contribution in [0.5, 0.6) is 0 Å². The second-order valence-corrected chi connectivity index (χ2v) is 8.49. The highest BCUT2D eigenvalue weighted by Crippen LogP contribution is 2.34. The van der Waals surface area contributed by atoms with Gasteiger partial charge in [-0.2, -0.15) is 11.8 Å². The molecule has 0 saturated carbocycles. The van der Waals surface area contributed by atoms with Gasteiger partial charge in [-0.15, -0.1) is 0 Å². The van der Waals surface area contributed by atoms with E-state index < -0.39 is 0 Å². The van der Waals surface area contributed by atoms with E-state index in [1.54, 1.807) is 0 Å². The molecule has 0 aliphatic rings. The van der Waals surface area contributed by atoms with Crippen molar-refractivity contribution in [3.05, 3.63) is 53.0 Å². The number of hydrogen-bond donors (Lipinski definition) is 0. The molecule has 1 aromatic heterocycles. The lowest BCUT2D eigenvalue weighted by molar-refractivity contribution is 0.622. The van der Waals surface area contributed by atoms with Gasteiger partial charge in [0.15, 0.2) is 0 Å². The molecule has 0 spiro atoms. The Labute approximate surface area is 159 Å². The topological polar surface area (TPSA) is 17.8 Å². The van der Waals surface area contributed by atoms with Gasteiger partial charge in [0.1, 0.15) is 0 Å². The molecule has 0 bridgehead atoms. The molecule has 1 unspecified atom stereocenters. The van der Waals surface area contributed by atoms with Crippen LogP contribution in [0.1, 0.15) is 62.7 Å². The summed E-state index contributed by atoms with van der Waals surface area (Å²) >= 11 is 5.66. The largest absolute Gasteiger partial charge is 0.337 e. The molecule has 2 aromatic rings. The Balaban J connectivity index is 1.79. The van der Waals surface area contributed by atoms with E-state index in [0.29, 0.717) is 5.25 Å². The molecule has 4 heteroatoms. The number of aromatic nitrogens is 2. The van der Waals surface area contributed by atoms with Gasteiger partial charge in [-0.25, -0.2) is 4.98 Å². The number of thioether (sulfide) groups is 1. The van der Waals surface area contributed by atoms with Gasteiger partial charge in [0, 0.05) is 28.7 Å². The van der Waals surface area contributed by atoms with Crippen molar-refractivity contribution in [2.45, 2.75) is 63.7 Å². The highest BCUT2D eigenvalue weighted by Gasteiger charge is 2.12. The first kappa shape index (κ1) is 19.6. The molecular weight excluding hydrogens is 380 g/mol. The number of halogens is 1. The third-order valence-corrected chi connectivity index (χ3v) is 6.23. The monoisotopic (exact) mass is 408 g/mol. The molecule has 0 aliphatic carbocycles. The zero-order valence-electron chi connectivity index (χ0n) is 14.7. The third-order valence-electron chi connectivity index (χ3n) is 4.27. The number of aryl methyl sites for hydroxylation is 1.